The standard InChI is InChI=1S/C12H13BrN4O/c1-8-4-9(13)6-10(5-8)15-12(18)7-17-3-2-11(14)16-17/h2-6H,7H2,1H3,(H2,14,16)(H,15,18). The lowest BCUT2D eigenvalue weighted by Crippen LogP contribution is -2.19. The molecule has 0 aliphatic rings. The molecule has 0 aliphatic carbocycles. The van der Waals surface area contributed by atoms with Crippen LogP contribution in [-0.2, 0) is 11.3 Å². The lowest BCUT2D eigenvalue weighted by Gasteiger charge is -2.07. The van der Waals surface area contributed by atoms with Crippen LogP contribution in [-0.4, -0.2) is 15.7 Å². The first-order valence-electron chi connectivity index (χ1n) is 5.39. The maximum Gasteiger partial charge on any atom is 0.246 e. The molecule has 1 aromatic carbocycles. The number of nitrogens with two attached hydrogens (primary N) is 1. The van der Waals surface area contributed by atoms with Crippen LogP contribution < -0.4 is 11.1 Å². The van der Waals surface area contributed by atoms with Crippen LogP contribution in [0.5, 0.6) is 0 Å². The van der Waals surface area contributed by atoms with Gasteiger partial charge in [-0.3, -0.25) is 9.48 Å². The molecule has 1 amide bonds. The zero-order chi connectivity index (χ0) is 13.1. The summed E-state index contributed by atoms with van der Waals surface area (Å²) >= 11 is 3.39. The molecular weight excluding hydrogens is 296 g/mol. The number of carbonyl (C=O) groups excluding carboxylic acids is 1. The van der Waals surface area contributed by atoms with E-state index in [1.165, 1.54) is 4.68 Å². The van der Waals surface area contributed by atoms with Gasteiger partial charge >= 0.3 is 0 Å². The van der Waals surface area contributed by atoms with Gasteiger partial charge in [-0.1, -0.05) is 15.9 Å². The summed E-state index contributed by atoms with van der Waals surface area (Å²) in [6.45, 7) is 2.11. The number of nitrogen functional groups attached to an aromatic ring is 1. The van der Waals surface area contributed by atoms with Crippen molar-refractivity contribution in [3.63, 3.8) is 0 Å². The molecule has 0 aliphatic heterocycles. The number of hydrogen-bond acceptors (Lipinski definition) is 3. The van der Waals surface area contributed by atoms with Crippen LogP contribution >= 0.6 is 15.9 Å². The lowest BCUT2D eigenvalue weighted by molar-refractivity contribution is -0.116. The van der Waals surface area contributed by atoms with E-state index in [1.54, 1.807) is 12.3 Å². The number of amides is 1. The first kappa shape index (κ1) is 12.6. The van der Waals surface area contributed by atoms with Crippen molar-refractivity contribution in [3.8, 4) is 0 Å². The Bertz CT molecular complexity index is 559. The summed E-state index contributed by atoms with van der Waals surface area (Å²) in [7, 11) is 0. The van der Waals surface area contributed by atoms with Gasteiger partial charge in [0.2, 0.25) is 5.91 Å². The van der Waals surface area contributed by atoms with E-state index in [1.807, 2.05) is 25.1 Å². The fraction of sp³-hybridized carbons (Fsp3) is 0.167. The molecule has 0 radical (unpaired) electrons. The number of rotatable bonds is 3. The molecule has 0 atom stereocenters. The number of aromatic nitrogens is 2. The van der Waals surface area contributed by atoms with E-state index in [-0.39, 0.29) is 12.5 Å². The summed E-state index contributed by atoms with van der Waals surface area (Å²) < 4.78 is 2.43. The van der Waals surface area contributed by atoms with Crippen LogP contribution in [0.2, 0.25) is 0 Å². The molecular formula is C12H13BrN4O. The monoisotopic (exact) mass is 308 g/mol. The van der Waals surface area contributed by atoms with Gasteiger partial charge in [0.1, 0.15) is 12.4 Å². The molecule has 2 rings (SSSR count). The average Bonchev–Trinajstić information content (AvgIpc) is 2.61. The number of anilines is 2. The molecule has 0 bridgehead atoms. The SMILES string of the molecule is Cc1cc(Br)cc(NC(=O)Cn2ccc(N)n2)c1. The Hall–Kier alpha value is -1.82. The van der Waals surface area contributed by atoms with E-state index >= 15 is 0 Å². The molecule has 1 aromatic heterocycles. The molecule has 2 aromatic rings. The molecule has 94 valence electrons. The second-order valence-corrected chi connectivity index (χ2v) is 4.92. The van der Waals surface area contributed by atoms with Gasteiger partial charge in [0.15, 0.2) is 0 Å². The highest BCUT2D eigenvalue weighted by Crippen LogP contribution is 2.19. The van der Waals surface area contributed by atoms with E-state index in [0.29, 0.717) is 5.82 Å². The van der Waals surface area contributed by atoms with E-state index in [2.05, 4.69) is 26.3 Å². The first-order chi connectivity index (χ1) is 8.52. The number of aryl methyl sites for hydroxylation is 1. The molecule has 18 heavy (non-hydrogen) atoms. The Morgan fingerprint density at radius 3 is 2.89 bits per heavy atom. The smallest absolute Gasteiger partial charge is 0.246 e. The minimum Gasteiger partial charge on any atom is -0.382 e. The van der Waals surface area contributed by atoms with Crippen LogP contribution in [0, 0.1) is 6.92 Å². The maximum atomic E-state index is 11.8. The first-order valence-corrected chi connectivity index (χ1v) is 6.18. The molecule has 5 nitrogen and oxygen atoms in total. The van der Waals surface area contributed by atoms with E-state index in [9.17, 15) is 4.79 Å². The fourth-order valence-electron chi connectivity index (χ4n) is 1.62. The largest absolute Gasteiger partial charge is 0.382 e. The van der Waals surface area contributed by atoms with Crippen molar-refractivity contribution in [2.75, 3.05) is 11.1 Å². The predicted molar refractivity (Wildman–Crippen MR) is 74.1 cm³/mol. The lowest BCUT2D eigenvalue weighted by atomic mass is 10.2. The van der Waals surface area contributed by atoms with Gasteiger partial charge in [-0.15, -0.1) is 0 Å². The summed E-state index contributed by atoms with van der Waals surface area (Å²) in [5, 5.41) is 6.76. The van der Waals surface area contributed by atoms with Crippen molar-refractivity contribution in [2.45, 2.75) is 13.5 Å². The summed E-state index contributed by atoms with van der Waals surface area (Å²) in [4.78, 5) is 11.8. The van der Waals surface area contributed by atoms with E-state index < -0.39 is 0 Å². The topological polar surface area (TPSA) is 72.9 Å². The van der Waals surface area contributed by atoms with Gasteiger partial charge in [0, 0.05) is 16.4 Å². The van der Waals surface area contributed by atoms with Crippen LogP contribution in [0.15, 0.2) is 34.9 Å². The molecule has 0 fully saturated rings. The number of nitrogens with zero attached hydrogens (tertiary/aromatic N) is 2. The van der Waals surface area contributed by atoms with Crippen molar-refractivity contribution < 1.29 is 4.79 Å². The fourth-order valence-corrected chi connectivity index (χ4v) is 2.23. The number of hydrogen-bond donors (Lipinski definition) is 2. The third-order valence-electron chi connectivity index (χ3n) is 2.29. The Morgan fingerprint density at radius 2 is 2.28 bits per heavy atom. The number of nitrogens with one attached hydrogen (secondary N) is 1. The zero-order valence-electron chi connectivity index (χ0n) is 9.85. The third kappa shape index (κ3) is 3.33. The second kappa shape index (κ2) is 5.22. The highest BCUT2D eigenvalue weighted by Gasteiger charge is 2.05. The molecule has 6 heteroatoms. The predicted octanol–water partition coefficient (Wildman–Crippen LogP) is 2.17. The zero-order valence-corrected chi connectivity index (χ0v) is 11.4. The normalized spacial score (nSPS) is 10.3. The van der Waals surface area contributed by atoms with E-state index in [4.69, 9.17) is 5.73 Å². The Balaban J connectivity index is 2.02. The minimum absolute atomic E-state index is 0.142. The van der Waals surface area contributed by atoms with Crippen molar-refractivity contribution in [1.29, 1.82) is 0 Å². The molecule has 1 heterocycles. The molecule has 0 unspecified atom stereocenters. The summed E-state index contributed by atoms with van der Waals surface area (Å²) in [6, 6.07) is 7.38. The Morgan fingerprint density at radius 1 is 1.50 bits per heavy atom. The number of benzene rings is 1. The summed E-state index contributed by atoms with van der Waals surface area (Å²) in [6.07, 6.45) is 1.67. The van der Waals surface area contributed by atoms with Gasteiger partial charge in [-0.25, -0.2) is 0 Å². The van der Waals surface area contributed by atoms with Crippen molar-refractivity contribution in [1.82, 2.24) is 9.78 Å². The highest BCUT2D eigenvalue weighted by molar-refractivity contribution is 9.10. The number of halogens is 1. The Kier molecular flexibility index (Phi) is 3.66. The molecule has 0 saturated heterocycles. The van der Waals surface area contributed by atoms with E-state index in [0.717, 1.165) is 15.7 Å². The van der Waals surface area contributed by atoms with Gasteiger partial charge < -0.3 is 11.1 Å². The van der Waals surface area contributed by atoms with Gasteiger partial charge in [0.25, 0.3) is 0 Å². The molecule has 3 N–H and O–H groups in total. The van der Waals surface area contributed by atoms with Crippen molar-refractivity contribution in [2.24, 2.45) is 0 Å². The van der Waals surface area contributed by atoms with Crippen LogP contribution in [0.4, 0.5) is 11.5 Å². The van der Waals surface area contributed by atoms with Gasteiger partial charge in [-0.2, -0.15) is 5.10 Å². The Labute approximate surface area is 113 Å². The summed E-state index contributed by atoms with van der Waals surface area (Å²) in [5.74, 6) is 0.261. The van der Waals surface area contributed by atoms with Crippen LogP contribution in [0.1, 0.15) is 5.56 Å². The van der Waals surface area contributed by atoms with Crippen molar-refractivity contribution >= 4 is 33.3 Å². The number of carbonyl (C=O) groups is 1. The van der Waals surface area contributed by atoms with Gasteiger partial charge in [-0.05, 0) is 36.8 Å². The third-order valence-corrected chi connectivity index (χ3v) is 2.75. The highest BCUT2D eigenvalue weighted by atomic mass is 79.9. The van der Waals surface area contributed by atoms with Gasteiger partial charge in [0.05, 0.1) is 0 Å². The summed E-state index contributed by atoms with van der Waals surface area (Å²) in [5.41, 5.74) is 7.31. The average molecular weight is 309 g/mol. The molecule has 0 saturated carbocycles. The van der Waals surface area contributed by atoms with Crippen LogP contribution in [0.25, 0.3) is 0 Å². The molecule has 0 spiro atoms. The van der Waals surface area contributed by atoms with Crippen LogP contribution in [0.3, 0.4) is 0 Å². The minimum atomic E-state index is -0.143. The second-order valence-electron chi connectivity index (χ2n) is 4.00. The maximum absolute atomic E-state index is 11.8. The quantitative estimate of drug-likeness (QED) is 0.912. The van der Waals surface area contributed by atoms with Crippen molar-refractivity contribution in [3.05, 3.63) is 40.5 Å².